The van der Waals surface area contributed by atoms with Gasteiger partial charge in [-0.2, -0.15) is 0 Å². The van der Waals surface area contributed by atoms with E-state index in [-0.39, 0.29) is 28.9 Å². The molecular formula is C18H20N6O7S2. The molecule has 0 radical (unpaired) electrons. The molecule has 0 saturated carbocycles. The molecule has 0 unspecified atom stereocenters. The maximum atomic E-state index is 12.7. The summed E-state index contributed by atoms with van der Waals surface area (Å²) in [6, 6.07) is -1.03. The predicted molar refractivity (Wildman–Crippen MR) is 117 cm³/mol. The zero-order valence-corrected chi connectivity index (χ0v) is 18.7. The van der Waals surface area contributed by atoms with Gasteiger partial charge in [0.2, 0.25) is 0 Å². The summed E-state index contributed by atoms with van der Waals surface area (Å²) < 4.78 is 5.26. The van der Waals surface area contributed by atoms with Gasteiger partial charge in [0.1, 0.15) is 29.4 Å². The van der Waals surface area contributed by atoms with Crippen LogP contribution in [0.5, 0.6) is 0 Å². The average Bonchev–Trinajstić information content (AvgIpc) is 3.47. The number of hydrogen-bond donors (Lipinski definition) is 4. The molecule has 176 valence electrons. The number of rotatable bonds is 6. The zero-order valence-electron chi connectivity index (χ0n) is 17.1. The Morgan fingerprint density at radius 1 is 1.33 bits per heavy atom. The van der Waals surface area contributed by atoms with E-state index in [0.717, 1.165) is 29.1 Å². The number of carboxylic acids is 1. The van der Waals surface area contributed by atoms with Gasteiger partial charge in [-0.05, 0) is 12.8 Å². The molecule has 33 heavy (non-hydrogen) atoms. The first kappa shape index (κ1) is 22.8. The maximum Gasteiger partial charge on any atom is 0.410 e. The summed E-state index contributed by atoms with van der Waals surface area (Å²) in [4.78, 5) is 55.8. The lowest BCUT2D eigenvalue weighted by atomic mass is 10.0. The number of carbonyl (C=O) groups excluding carboxylic acids is 3. The monoisotopic (exact) mass is 496 g/mol. The number of thiazole rings is 1. The molecule has 1 aromatic heterocycles. The number of carbonyl (C=O) groups is 4. The van der Waals surface area contributed by atoms with Crippen LogP contribution in [0.1, 0.15) is 18.5 Å². The smallest absolute Gasteiger partial charge is 0.410 e. The molecule has 1 aromatic rings. The van der Waals surface area contributed by atoms with Gasteiger partial charge in [0.15, 0.2) is 10.8 Å². The average molecular weight is 497 g/mol. The van der Waals surface area contributed by atoms with Crippen LogP contribution in [0, 0.1) is 0 Å². The lowest BCUT2D eigenvalue weighted by Crippen LogP contribution is -2.71. The van der Waals surface area contributed by atoms with Crippen LogP contribution in [-0.2, 0) is 19.1 Å². The minimum atomic E-state index is -1.33. The number of ether oxygens (including phenoxy) is 1. The van der Waals surface area contributed by atoms with Gasteiger partial charge in [0, 0.05) is 29.8 Å². The fraction of sp³-hybridized carbons (Fsp3) is 0.444. The second-order valence-electron chi connectivity index (χ2n) is 7.39. The molecule has 4 heterocycles. The first-order valence-corrected chi connectivity index (χ1v) is 11.8. The first-order chi connectivity index (χ1) is 15.8. The Morgan fingerprint density at radius 3 is 2.67 bits per heavy atom. The second kappa shape index (κ2) is 9.27. The molecule has 0 spiro atoms. The zero-order chi connectivity index (χ0) is 23.7. The fourth-order valence-electron chi connectivity index (χ4n) is 3.75. The van der Waals surface area contributed by atoms with Gasteiger partial charge in [-0.1, -0.05) is 5.16 Å². The third-order valence-electron chi connectivity index (χ3n) is 5.35. The highest BCUT2D eigenvalue weighted by molar-refractivity contribution is 8.00. The second-order valence-corrected chi connectivity index (χ2v) is 9.38. The van der Waals surface area contributed by atoms with Crippen LogP contribution in [0.4, 0.5) is 9.93 Å². The Balaban J connectivity index is 1.44. The van der Waals surface area contributed by atoms with Crippen molar-refractivity contribution in [3.63, 3.8) is 0 Å². The topological polar surface area (TPSA) is 188 Å². The highest BCUT2D eigenvalue weighted by atomic mass is 32.2. The quantitative estimate of drug-likeness (QED) is 0.179. The van der Waals surface area contributed by atoms with E-state index >= 15 is 0 Å². The number of fused-ring (bicyclic) bond motifs is 1. The number of β-lactam (4-membered cyclic amide) rings is 1. The van der Waals surface area contributed by atoms with E-state index < -0.39 is 41.0 Å². The van der Waals surface area contributed by atoms with Gasteiger partial charge in [-0.15, -0.1) is 23.1 Å². The Kier molecular flexibility index (Phi) is 6.42. The minimum Gasteiger partial charge on any atom is -0.477 e. The molecule has 0 aromatic carbocycles. The number of aromatic nitrogens is 1. The Morgan fingerprint density at radius 2 is 2.06 bits per heavy atom. The van der Waals surface area contributed by atoms with E-state index in [2.05, 4.69) is 15.5 Å². The van der Waals surface area contributed by atoms with Gasteiger partial charge >= 0.3 is 12.1 Å². The lowest BCUT2D eigenvalue weighted by molar-refractivity contribution is -0.150. The van der Waals surface area contributed by atoms with Crippen LogP contribution in [0.3, 0.4) is 0 Å². The Hall–Kier alpha value is -3.33. The summed E-state index contributed by atoms with van der Waals surface area (Å²) in [5, 5.41) is 25.2. The maximum absolute atomic E-state index is 12.7. The van der Waals surface area contributed by atoms with Gasteiger partial charge < -0.3 is 31.0 Å². The number of oxime groups is 1. The summed E-state index contributed by atoms with van der Waals surface area (Å²) >= 11 is 2.27. The molecule has 5 N–H and O–H groups in total. The number of thioether (sulfide) groups is 1. The largest absolute Gasteiger partial charge is 0.477 e. The minimum absolute atomic E-state index is 0.0469. The van der Waals surface area contributed by atoms with Crippen LogP contribution in [-0.4, -0.2) is 91.6 Å². The van der Waals surface area contributed by atoms with Gasteiger partial charge in [0.25, 0.3) is 11.8 Å². The van der Waals surface area contributed by atoms with Crippen molar-refractivity contribution in [3.8, 4) is 0 Å². The molecule has 2 atom stereocenters. The molecule has 15 heteroatoms. The van der Waals surface area contributed by atoms with Crippen molar-refractivity contribution in [1.29, 1.82) is 0 Å². The molecule has 4 rings (SSSR count). The third kappa shape index (κ3) is 4.32. The number of aliphatic carboxylic acids is 1. The molecule has 2 saturated heterocycles. The summed E-state index contributed by atoms with van der Waals surface area (Å²) in [6.45, 7) is 0.947. The molecular weight excluding hydrogens is 476 g/mol. The van der Waals surface area contributed by atoms with Crippen molar-refractivity contribution in [2.75, 3.05) is 31.2 Å². The van der Waals surface area contributed by atoms with E-state index in [9.17, 15) is 29.5 Å². The molecule has 3 aliphatic heterocycles. The van der Waals surface area contributed by atoms with Crippen LogP contribution < -0.4 is 11.1 Å². The van der Waals surface area contributed by atoms with Crippen molar-refractivity contribution in [3.05, 3.63) is 22.3 Å². The molecule has 13 nitrogen and oxygen atoms in total. The number of anilines is 1. The predicted octanol–water partition coefficient (Wildman–Crippen LogP) is -0.125. The number of nitrogens with zero attached hydrogens (tertiary/aromatic N) is 4. The summed E-state index contributed by atoms with van der Waals surface area (Å²) in [5.41, 5.74) is 5.20. The van der Waals surface area contributed by atoms with Crippen LogP contribution >= 0.6 is 23.1 Å². The van der Waals surface area contributed by atoms with Crippen molar-refractivity contribution in [2.24, 2.45) is 5.16 Å². The number of nitrogens with two attached hydrogens (primary N) is 1. The molecule has 0 bridgehead atoms. The number of nitrogen functional groups attached to an aromatic ring is 1. The standard InChI is InChI=1S/C18H20N6O7S2/c19-17-20-9(7-33-17)10(22-30)13(25)21-11-14(26)24-12(16(27)28)8(6-32-15(11)24)5-31-18(29)23-3-1-2-4-23/h7,11,15,30H,1-6H2,(H2,19,20)(H,21,25)(H,27,28)/b22-10-/t11-,15-/m1/s1. The van der Waals surface area contributed by atoms with Gasteiger partial charge in [0.05, 0.1) is 0 Å². The SMILES string of the molecule is Nc1nc(/C(=N/O)C(=O)N[C@@H]2C(=O)N3C(C(=O)O)=C(COC(=O)N4CCCC4)CS[C@H]23)cs1. The van der Waals surface area contributed by atoms with Crippen LogP contribution in [0.2, 0.25) is 0 Å². The van der Waals surface area contributed by atoms with Gasteiger partial charge in [-0.25, -0.2) is 14.6 Å². The lowest BCUT2D eigenvalue weighted by Gasteiger charge is -2.49. The Labute approximate surface area is 195 Å². The van der Waals surface area contributed by atoms with E-state index in [1.807, 2.05) is 0 Å². The van der Waals surface area contributed by atoms with E-state index in [1.165, 1.54) is 17.1 Å². The first-order valence-electron chi connectivity index (χ1n) is 9.87. The number of carboxylic acid groups (broad SMARTS) is 1. The van der Waals surface area contributed by atoms with Crippen molar-refractivity contribution in [1.82, 2.24) is 20.1 Å². The van der Waals surface area contributed by atoms with E-state index in [0.29, 0.717) is 18.7 Å². The Bertz CT molecular complexity index is 1060. The van der Waals surface area contributed by atoms with Crippen LogP contribution in [0.15, 0.2) is 21.8 Å². The van der Waals surface area contributed by atoms with Crippen molar-refractivity contribution < 1.29 is 34.2 Å². The number of nitrogens with one attached hydrogen (secondary N) is 1. The highest BCUT2D eigenvalue weighted by Crippen LogP contribution is 2.40. The number of amides is 3. The van der Waals surface area contributed by atoms with Gasteiger partial charge in [-0.3, -0.25) is 14.5 Å². The van der Waals surface area contributed by atoms with Crippen molar-refractivity contribution in [2.45, 2.75) is 24.3 Å². The molecule has 0 aliphatic carbocycles. The third-order valence-corrected chi connectivity index (χ3v) is 7.36. The molecule has 3 amide bonds. The fourth-order valence-corrected chi connectivity index (χ4v) is 5.63. The summed E-state index contributed by atoms with van der Waals surface area (Å²) in [6.07, 6.45) is 1.27. The van der Waals surface area contributed by atoms with E-state index in [1.54, 1.807) is 4.90 Å². The number of likely N-dealkylation sites (tertiary alicyclic amines) is 1. The molecule has 2 fully saturated rings. The normalized spacial score (nSPS) is 22.7. The highest BCUT2D eigenvalue weighted by Gasteiger charge is 2.54. The summed E-state index contributed by atoms with van der Waals surface area (Å²) in [5.74, 6) is -2.63. The van der Waals surface area contributed by atoms with Crippen LogP contribution in [0.25, 0.3) is 0 Å². The van der Waals surface area contributed by atoms with Crippen molar-refractivity contribution >= 4 is 57.8 Å². The van der Waals surface area contributed by atoms with E-state index in [4.69, 9.17) is 10.5 Å². The molecule has 3 aliphatic rings. The summed E-state index contributed by atoms with van der Waals surface area (Å²) in [7, 11) is 0. The number of hydrogen-bond acceptors (Lipinski definition) is 11.